The number of likely N-dealkylation sites (tertiary alicyclic amines) is 1. The molecule has 0 saturated carbocycles. The smallest absolute Gasteiger partial charge is 0.308 e. The van der Waals surface area contributed by atoms with Crippen LogP contribution in [0.3, 0.4) is 0 Å². The van der Waals surface area contributed by atoms with Crippen molar-refractivity contribution >= 4 is 11.9 Å². The van der Waals surface area contributed by atoms with Crippen molar-refractivity contribution in [2.24, 2.45) is 11.3 Å². The van der Waals surface area contributed by atoms with Gasteiger partial charge in [-0.05, 0) is 40.2 Å². The molecule has 1 N–H and O–H groups in total. The second-order valence-electron chi connectivity index (χ2n) is 9.02. The van der Waals surface area contributed by atoms with Crippen LogP contribution in [0.1, 0.15) is 86.0 Å². The summed E-state index contributed by atoms with van der Waals surface area (Å²) in [5.74, 6) is -0.872. The first-order chi connectivity index (χ1) is 12.0. The van der Waals surface area contributed by atoms with Crippen LogP contribution in [0.5, 0.6) is 0 Å². The molecule has 1 saturated heterocycles. The maximum absolute atomic E-state index is 12.5. The van der Waals surface area contributed by atoms with E-state index in [4.69, 9.17) is 9.84 Å². The van der Waals surface area contributed by atoms with E-state index in [2.05, 4.69) is 39.6 Å². The lowest BCUT2D eigenvalue weighted by Crippen LogP contribution is -2.62. The maximum atomic E-state index is 12.5. The van der Waals surface area contributed by atoms with Gasteiger partial charge in [-0.1, -0.05) is 46.5 Å². The average molecular weight is 370 g/mol. The molecule has 1 heterocycles. The van der Waals surface area contributed by atoms with Gasteiger partial charge in [-0.15, -0.1) is 0 Å². The van der Waals surface area contributed by atoms with Crippen LogP contribution in [0.15, 0.2) is 0 Å². The Morgan fingerprint density at radius 3 is 2.31 bits per heavy atom. The quantitative estimate of drug-likeness (QED) is 0.454. The molecule has 0 aliphatic carbocycles. The summed E-state index contributed by atoms with van der Waals surface area (Å²) in [7, 11) is 2.14. The van der Waals surface area contributed by atoms with Gasteiger partial charge < -0.3 is 14.7 Å². The second-order valence-corrected chi connectivity index (χ2v) is 9.02. The van der Waals surface area contributed by atoms with Gasteiger partial charge >= 0.3 is 11.9 Å². The first kappa shape index (κ1) is 22.9. The predicted octanol–water partition coefficient (Wildman–Crippen LogP) is 4.49. The summed E-state index contributed by atoms with van der Waals surface area (Å²) in [6.07, 6.45) is 6.70. The van der Waals surface area contributed by atoms with Crippen molar-refractivity contribution < 1.29 is 19.4 Å². The van der Waals surface area contributed by atoms with Crippen molar-refractivity contribution in [1.29, 1.82) is 0 Å². The SMILES string of the molecule is CC(CCCCCCCC(=O)O)C(=O)OC1CCN(C)C(C)(C)C1(C)C. The maximum Gasteiger partial charge on any atom is 0.308 e. The number of carboxylic acid groups (broad SMARTS) is 1. The van der Waals surface area contributed by atoms with Gasteiger partial charge in [-0.2, -0.15) is 0 Å². The molecule has 0 radical (unpaired) electrons. The molecule has 2 unspecified atom stereocenters. The normalized spacial score (nSPS) is 23.4. The summed E-state index contributed by atoms with van der Waals surface area (Å²) in [4.78, 5) is 25.3. The lowest BCUT2D eigenvalue weighted by atomic mass is 9.66. The Balaban J connectivity index is 2.35. The molecule has 0 amide bonds. The third kappa shape index (κ3) is 5.97. The van der Waals surface area contributed by atoms with Crippen LogP contribution in [0.25, 0.3) is 0 Å². The van der Waals surface area contributed by atoms with Gasteiger partial charge in [0.25, 0.3) is 0 Å². The van der Waals surface area contributed by atoms with Crippen molar-refractivity contribution in [2.75, 3.05) is 13.6 Å². The lowest BCUT2D eigenvalue weighted by Gasteiger charge is -2.55. The minimum atomic E-state index is -0.721. The summed E-state index contributed by atoms with van der Waals surface area (Å²) in [5, 5.41) is 8.61. The van der Waals surface area contributed by atoms with Crippen molar-refractivity contribution in [2.45, 2.75) is 97.6 Å². The Hall–Kier alpha value is -1.10. The standard InChI is InChI=1S/C21H39NO4/c1-16(12-10-8-7-9-11-13-18(23)24)19(25)26-17-14-15-22(6)21(4,5)20(17,2)3/h16-17H,7-15H2,1-6H3,(H,23,24). The highest BCUT2D eigenvalue weighted by atomic mass is 16.5. The topological polar surface area (TPSA) is 66.8 Å². The fourth-order valence-corrected chi connectivity index (χ4v) is 3.67. The Morgan fingerprint density at radius 2 is 1.69 bits per heavy atom. The summed E-state index contributed by atoms with van der Waals surface area (Å²) < 4.78 is 5.94. The van der Waals surface area contributed by atoms with Gasteiger partial charge in [-0.25, -0.2) is 0 Å². The van der Waals surface area contributed by atoms with Crippen LogP contribution in [0.4, 0.5) is 0 Å². The van der Waals surface area contributed by atoms with Crippen molar-refractivity contribution in [1.82, 2.24) is 4.90 Å². The third-order valence-corrected chi connectivity index (χ3v) is 6.75. The van der Waals surface area contributed by atoms with E-state index in [1.807, 2.05) is 6.92 Å². The van der Waals surface area contributed by atoms with Crippen LogP contribution >= 0.6 is 0 Å². The third-order valence-electron chi connectivity index (χ3n) is 6.75. The molecule has 152 valence electrons. The number of aliphatic carboxylic acids is 1. The van der Waals surface area contributed by atoms with E-state index in [0.717, 1.165) is 51.5 Å². The molecular weight excluding hydrogens is 330 g/mol. The van der Waals surface area contributed by atoms with E-state index in [0.29, 0.717) is 0 Å². The Kier molecular flexibility index (Phi) is 8.58. The summed E-state index contributed by atoms with van der Waals surface area (Å²) in [6, 6.07) is 0. The summed E-state index contributed by atoms with van der Waals surface area (Å²) in [6.45, 7) is 11.7. The molecule has 1 aliphatic rings. The molecule has 0 spiro atoms. The van der Waals surface area contributed by atoms with Crippen molar-refractivity contribution in [3.8, 4) is 0 Å². The highest BCUT2D eigenvalue weighted by Gasteiger charge is 2.50. The van der Waals surface area contributed by atoms with Crippen molar-refractivity contribution in [3.63, 3.8) is 0 Å². The number of ether oxygens (including phenoxy) is 1. The van der Waals surface area contributed by atoms with Crippen LogP contribution in [-0.4, -0.2) is 47.2 Å². The molecule has 1 aliphatic heterocycles. The molecule has 1 fully saturated rings. The molecule has 0 aromatic rings. The van der Waals surface area contributed by atoms with Gasteiger partial charge in [0.2, 0.25) is 0 Å². The molecule has 5 heteroatoms. The number of hydrogen-bond acceptors (Lipinski definition) is 4. The zero-order valence-electron chi connectivity index (χ0n) is 17.6. The van der Waals surface area contributed by atoms with E-state index >= 15 is 0 Å². The highest BCUT2D eigenvalue weighted by Crippen LogP contribution is 2.44. The molecular formula is C21H39NO4. The van der Waals surface area contributed by atoms with E-state index in [-0.39, 0.29) is 35.4 Å². The van der Waals surface area contributed by atoms with Crippen molar-refractivity contribution in [3.05, 3.63) is 0 Å². The average Bonchev–Trinajstić information content (AvgIpc) is 2.54. The van der Waals surface area contributed by atoms with Gasteiger partial charge in [-0.3, -0.25) is 9.59 Å². The number of nitrogens with zero attached hydrogens (tertiary/aromatic N) is 1. The molecule has 5 nitrogen and oxygen atoms in total. The lowest BCUT2D eigenvalue weighted by molar-refractivity contribution is -0.175. The number of carboxylic acids is 1. The van der Waals surface area contributed by atoms with E-state index < -0.39 is 5.97 Å². The van der Waals surface area contributed by atoms with E-state index in [9.17, 15) is 9.59 Å². The van der Waals surface area contributed by atoms with Gasteiger partial charge in [0.15, 0.2) is 0 Å². The minimum Gasteiger partial charge on any atom is -0.481 e. The van der Waals surface area contributed by atoms with E-state index in [1.54, 1.807) is 0 Å². The summed E-state index contributed by atoms with van der Waals surface area (Å²) in [5.41, 5.74) is -0.116. The fourth-order valence-electron chi connectivity index (χ4n) is 3.67. The number of hydrogen-bond donors (Lipinski definition) is 1. The largest absolute Gasteiger partial charge is 0.481 e. The first-order valence-corrected chi connectivity index (χ1v) is 10.1. The Labute approximate surface area is 159 Å². The predicted molar refractivity (Wildman–Crippen MR) is 104 cm³/mol. The monoisotopic (exact) mass is 369 g/mol. The first-order valence-electron chi connectivity index (χ1n) is 10.1. The van der Waals surface area contributed by atoms with Gasteiger partial charge in [0, 0.05) is 23.9 Å². The number of esters is 1. The molecule has 0 bridgehead atoms. The van der Waals surface area contributed by atoms with Crippen LogP contribution < -0.4 is 0 Å². The van der Waals surface area contributed by atoms with E-state index in [1.165, 1.54) is 0 Å². The number of rotatable bonds is 10. The molecule has 2 atom stereocenters. The van der Waals surface area contributed by atoms with Gasteiger partial charge in [0.1, 0.15) is 6.10 Å². The number of carbonyl (C=O) groups is 2. The molecule has 0 aromatic heterocycles. The molecule has 0 aromatic carbocycles. The number of carbonyl (C=O) groups excluding carboxylic acids is 1. The van der Waals surface area contributed by atoms with Crippen LogP contribution in [0, 0.1) is 11.3 Å². The highest BCUT2D eigenvalue weighted by molar-refractivity contribution is 5.72. The number of unbranched alkanes of at least 4 members (excludes halogenated alkanes) is 4. The second kappa shape index (κ2) is 9.72. The molecule has 1 rings (SSSR count). The number of piperidine rings is 1. The van der Waals surface area contributed by atoms with Gasteiger partial charge in [0.05, 0.1) is 5.92 Å². The Bertz CT molecular complexity index is 473. The zero-order chi connectivity index (χ0) is 20.0. The zero-order valence-corrected chi connectivity index (χ0v) is 17.6. The minimum absolute atomic E-state index is 0.0185. The summed E-state index contributed by atoms with van der Waals surface area (Å²) >= 11 is 0. The van der Waals surface area contributed by atoms with Crippen LogP contribution in [0.2, 0.25) is 0 Å². The fraction of sp³-hybridized carbons (Fsp3) is 0.905. The van der Waals surface area contributed by atoms with Crippen LogP contribution in [-0.2, 0) is 14.3 Å². The Morgan fingerprint density at radius 1 is 1.12 bits per heavy atom. The molecule has 26 heavy (non-hydrogen) atoms.